The lowest BCUT2D eigenvalue weighted by atomic mass is 10.2. The van der Waals surface area contributed by atoms with Crippen molar-refractivity contribution in [2.24, 2.45) is 0 Å². The minimum atomic E-state index is -0.307. The van der Waals surface area contributed by atoms with Crippen LogP contribution in [0.2, 0.25) is 0 Å². The second-order valence-electron chi connectivity index (χ2n) is 4.37. The molecule has 0 radical (unpaired) electrons. The lowest BCUT2D eigenvalue weighted by Gasteiger charge is -2.07. The molecule has 0 saturated heterocycles. The molecule has 0 atom stereocenters. The molecule has 2 aromatic heterocycles. The van der Waals surface area contributed by atoms with Gasteiger partial charge in [0.25, 0.3) is 0 Å². The summed E-state index contributed by atoms with van der Waals surface area (Å²) >= 11 is 0. The fraction of sp³-hybridized carbons (Fsp3) is 0.125. The number of hydrogen-bond acceptors (Lipinski definition) is 3. The first-order valence-corrected chi connectivity index (χ1v) is 6.49. The Hall–Kier alpha value is -2.62. The Balaban J connectivity index is 2.06. The molecule has 2 heterocycles. The minimum Gasteiger partial charge on any atom is -0.462 e. The van der Waals surface area contributed by atoms with Crippen LogP contribution in [0.25, 0.3) is 16.7 Å². The van der Waals surface area contributed by atoms with Crippen LogP contribution in [0.15, 0.2) is 54.9 Å². The third-order valence-corrected chi connectivity index (χ3v) is 3.08. The second kappa shape index (κ2) is 5.17. The lowest BCUT2D eigenvalue weighted by Crippen LogP contribution is -2.05. The van der Waals surface area contributed by atoms with Crippen molar-refractivity contribution in [3.63, 3.8) is 0 Å². The minimum absolute atomic E-state index is 0.307. The second-order valence-corrected chi connectivity index (χ2v) is 4.37. The molecule has 0 aliphatic rings. The van der Waals surface area contributed by atoms with E-state index in [1.807, 2.05) is 47.2 Å². The van der Waals surface area contributed by atoms with Gasteiger partial charge in [-0.3, -0.25) is 0 Å². The van der Waals surface area contributed by atoms with Crippen molar-refractivity contribution in [2.75, 3.05) is 6.61 Å². The largest absolute Gasteiger partial charge is 0.462 e. The molecule has 4 nitrogen and oxygen atoms in total. The van der Waals surface area contributed by atoms with Crippen molar-refractivity contribution < 1.29 is 9.53 Å². The van der Waals surface area contributed by atoms with Gasteiger partial charge in [0, 0.05) is 23.5 Å². The average molecular weight is 266 g/mol. The highest BCUT2D eigenvalue weighted by molar-refractivity contribution is 5.90. The van der Waals surface area contributed by atoms with E-state index >= 15 is 0 Å². The van der Waals surface area contributed by atoms with Crippen LogP contribution in [0.5, 0.6) is 0 Å². The number of carbonyl (C=O) groups excluding carboxylic acids is 1. The Kier molecular flexibility index (Phi) is 3.21. The summed E-state index contributed by atoms with van der Waals surface area (Å²) in [6.07, 6.45) is 3.70. The van der Waals surface area contributed by atoms with Gasteiger partial charge >= 0.3 is 5.97 Å². The van der Waals surface area contributed by atoms with Crippen molar-refractivity contribution in [2.45, 2.75) is 6.92 Å². The van der Waals surface area contributed by atoms with E-state index < -0.39 is 0 Å². The first-order chi connectivity index (χ1) is 9.79. The van der Waals surface area contributed by atoms with E-state index in [2.05, 4.69) is 4.98 Å². The molecule has 1 aromatic carbocycles. The number of benzene rings is 1. The Morgan fingerprint density at radius 2 is 2.15 bits per heavy atom. The van der Waals surface area contributed by atoms with Crippen molar-refractivity contribution in [1.82, 2.24) is 9.55 Å². The van der Waals surface area contributed by atoms with Crippen molar-refractivity contribution in [3.05, 3.63) is 60.4 Å². The Morgan fingerprint density at radius 3 is 3.00 bits per heavy atom. The molecule has 20 heavy (non-hydrogen) atoms. The smallest absolute Gasteiger partial charge is 0.338 e. The molecule has 0 saturated carbocycles. The quantitative estimate of drug-likeness (QED) is 0.684. The summed E-state index contributed by atoms with van der Waals surface area (Å²) in [5, 5.41) is 1.06. The van der Waals surface area contributed by atoms with Crippen LogP contribution in [0.1, 0.15) is 17.3 Å². The number of hydrogen-bond donors (Lipinski definition) is 0. The Bertz CT molecular complexity index is 762. The number of ether oxygens (including phenoxy) is 1. The van der Waals surface area contributed by atoms with Gasteiger partial charge in [0.05, 0.1) is 12.2 Å². The molecule has 0 aliphatic carbocycles. The van der Waals surface area contributed by atoms with Crippen molar-refractivity contribution in [1.29, 1.82) is 0 Å². The zero-order valence-electron chi connectivity index (χ0n) is 11.1. The summed E-state index contributed by atoms with van der Waals surface area (Å²) in [6.45, 7) is 2.17. The van der Waals surface area contributed by atoms with E-state index in [9.17, 15) is 4.79 Å². The van der Waals surface area contributed by atoms with E-state index in [4.69, 9.17) is 4.74 Å². The zero-order chi connectivity index (χ0) is 13.9. The van der Waals surface area contributed by atoms with E-state index in [0.717, 1.165) is 16.7 Å². The predicted octanol–water partition coefficient (Wildman–Crippen LogP) is 3.20. The maximum Gasteiger partial charge on any atom is 0.338 e. The number of esters is 1. The zero-order valence-corrected chi connectivity index (χ0v) is 11.1. The molecule has 100 valence electrons. The molecular weight excluding hydrogens is 252 g/mol. The molecule has 0 spiro atoms. The highest BCUT2D eigenvalue weighted by Gasteiger charge is 2.09. The standard InChI is InChI=1S/C16H14N2O2/c1-2-20-16(19)13-5-3-7-14(11-13)18-10-8-12-6-4-9-17-15(12)18/h3-11H,2H2,1H3. The van der Waals surface area contributed by atoms with Crippen molar-refractivity contribution >= 4 is 17.0 Å². The monoisotopic (exact) mass is 266 g/mol. The van der Waals surface area contributed by atoms with Crippen LogP contribution >= 0.6 is 0 Å². The molecule has 0 N–H and O–H groups in total. The van der Waals surface area contributed by atoms with Gasteiger partial charge in [-0.15, -0.1) is 0 Å². The normalized spacial score (nSPS) is 10.7. The van der Waals surface area contributed by atoms with E-state index in [-0.39, 0.29) is 5.97 Å². The number of carbonyl (C=O) groups is 1. The third-order valence-electron chi connectivity index (χ3n) is 3.08. The highest BCUT2D eigenvalue weighted by atomic mass is 16.5. The van der Waals surface area contributed by atoms with E-state index in [1.165, 1.54) is 0 Å². The van der Waals surface area contributed by atoms with Gasteiger partial charge in [-0.25, -0.2) is 9.78 Å². The van der Waals surface area contributed by atoms with Gasteiger partial charge in [-0.1, -0.05) is 6.07 Å². The fourth-order valence-corrected chi connectivity index (χ4v) is 2.17. The molecule has 0 fully saturated rings. The summed E-state index contributed by atoms with van der Waals surface area (Å²) in [5.74, 6) is -0.307. The van der Waals surface area contributed by atoms with Crippen LogP contribution < -0.4 is 0 Å². The van der Waals surface area contributed by atoms with Crippen LogP contribution in [0.3, 0.4) is 0 Å². The number of aromatic nitrogens is 2. The molecular formula is C16H14N2O2. The lowest BCUT2D eigenvalue weighted by molar-refractivity contribution is 0.0526. The van der Waals surface area contributed by atoms with Gasteiger partial charge in [-0.2, -0.15) is 0 Å². The van der Waals surface area contributed by atoms with Crippen LogP contribution in [0.4, 0.5) is 0 Å². The molecule has 0 aliphatic heterocycles. The first kappa shape index (κ1) is 12.4. The summed E-state index contributed by atoms with van der Waals surface area (Å²) in [5.41, 5.74) is 2.31. The molecule has 4 heteroatoms. The van der Waals surface area contributed by atoms with Crippen LogP contribution in [-0.4, -0.2) is 22.1 Å². The topological polar surface area (TPSA) is 44.1 Å². The Morgan fingerprint density at radius 1 is 1.25 bits per heavy atom. The summed E-state index contributed by atoms with van der Waals surface area (Å²) in [4.78, 5) is 16.2. The van der Waals surface area contributed by atoms with E-state index in [1.54, 1.807) is 19.2 Å². The molecule has 3 rings (SSSR count). The number of rotatable bonds is 3. The molecule has 0 amide bonds. The van der Waals surface area contributed by atoms with Crippen LogP contribution in [0, 0.1) is 0 Å². The number of nitrogens with zero attached hydrogens (tertiary/aromatic N) is 2. The molecule has 0 bridgehead atoms. The van der Waals surface area contributed by atoms with Gasteiger partial charge < -0.3 is 9.30 Å². The van der Waals surface area contributed by atoms with Gasteiger partial charge in [-0.05, 0) is 43.3 Å². The molecule has 3 aromatic rings. The summed E-state index contributed by atoms with van der Waals surface area (Å²) in [6, 6.07) is 13.3. The summed E-state index contributed by atoms with van der Waals surface area (Å²) < 4.78 is 6.98. The summed E-state index contributed by atoms with van der Waals surface area (Å²) in [7, 11) is 0. The van der Waals surface area contributed by atoms with Gasteiger partial charge in [0.1, 0.15) is 5.65 Å². The third kappa shape index (κ3) is 2.16. The maximum atomic E-state index is 11.8. The Labute approximate surface area is 116 Å². The van der Waals surface area contributed by atoms with Crippen molar-refractivity contribution in [3.8, 4) is 5.69 Å². The SMILES string of the molecule is CCOC(=O)c1cccc(-n2ccc3cccnc32)c1. The van der Waals surface area contributed by atoms with Crippen LogP contribution in [-0.2, 0) is 4.74 Å². The van der Waals surface area contributed by atoms with E-state index in [0.29, 0.717) is 12.2 Å². The number of fused-ring (bicyclic) bond motifs is 1. The van der Waals surface area contributed by atoms with Gasteiger partial charge in [0.15, 0.2) is 0 Å². The predicted molar refractivity (Wildman–Crippen MR) is 77.0 cm³/mol. The highest BCUT2D eigenvalue weighted by Crippen LogP contribution is 2.19. The van der Waals surface area contributed by atoms with Gasteiger partial charge in [0.2, 0.25) is 0 Å². The fourth-order valence-electron chi connectivity index (χ4n) is 2.17. The molecule has 0 unspecified atom stereocenters. The number of pyridine rings is 1. The first-order valence-electron chi connectivity index (χ1n) is 6.49. The average Bonchev–Trinajstić information content (AvgIpc) is 2.91. The maximum absolute atomic E-state index is 11.8.